The van der Waals surface area contributed by atoms with Crippen molar-refractivity contribution in [2.24, 2.45) is 11.8 Å². The van der Waals surface area contributed by atoms with Gasteiger partial charge < -0.3 is 9.47 Å². The van der Waals surface area contributed by atoms with Gasteiger partial charge in [-0.05, 0) is 76.0 Å². The van der Waals surface area contributed by atoms with Gasteiger partial charge in [0.05, 0.1) is 25.4 Å². The van der Waals surface area contributed by atoms with Crippen LogP contribution in [0.5, 0.6) is 0 Å². The molecule has 0 aliphatic heterocycles. The molecule has 0 radical (unpaired) electrons. The van der Waals surface area contributed by atoms with Gasteiger partial charge in [-0.25, -0.2) is 0 Å². The van der Waals surface area contributed by atoms with Crippen molar-refractivity contribution in [3.05, 3.63) is 48.6 Å². The molecule has 30 heavy (non-hydrogen) atoms. The molecule has 0 spiro atoms. The maximum absolute atomic E-state index is 6.08. The van der Waals surface area contributed by atoms with Crippen molar-refractivity contribution < 1.29 is 9.47 Å². The van der Waals surface area contributed by atoms with Gasteiger partial charge >= 0.3 is 0 Å². The molecule has 0 aromatic rings. The first-order valence-electron chi connectivity index (χ1n) is 12.7. The van der Waals surface area contributed by atoms with Gasteiger partial charge in [0.15, 0.2) is 0 Å². The monoisotopic (exact) mass is 414 g/mol. The smallest absolute Gasteiger partial charge is 0.0654 e. The third-order valence-electron chi connectivity index (χ3n) is 6.64. The minimum Gasteiger partial charge on any atom is -0.374 e. The zero-order valence-corrected chi connectivity index (χ0v) is 19.6. The summed E-state index contributed by atoms with van der Waals surface area (Å²) in [6.07, 6.45) is 33.4. The summed E-state index contributed by atoms with van der Waals surface area (Å²) in [4.78, 5) is 0. The van der Waals surface area contributed by atoms with E-state index in [0.717, 1.165) is 37.9 Å². The van der Waals surface area contributed by atoms with E-state index in [9.17, 15) is 0 Å². The molecule has 170 valence electrons. The SMILES string of the molecule is CCCC=CC=CCOC1CCC(C2CCC(OCC=CC=CCCC)CC2)CC1. The fourth-order valence-electron chi connectivity index (χ4n) is 4.79. The molecule has 0 atom stereocenters. The summed E-state index contributed by atoms with van der Waals surface area (Å²) in [6, 6.07) is 0. The molecular weight excluding hydrogens is 368 g/mol. The summed E-state index contributed by atoms with van der Waals surface area (Å²) in [6.45, 7) is 5.94. The number of hydrogen-bond donors (Lipinski definition) is 0. The van der Waals surface area contributed by atoms with Crippen molar-refractivity contribution in [2.75, 3.05) is 13.2 Å². The van der Waals surface area contributed by atoms with Gasteiger partial charge in [-0.3, -0.25) is 0 Å². The minimum atomic E-state index is 0.475. The van der Waals surface area contributed by atoms with Crippen LogP contribution < -0.4 is 0 Å². The summed E-state index contributed by atoms with van der Waals surface area (Å²) < 4.78 is 12.2. The molecule has 0 unspecified atom stereocenters. The van der Waals surface area contributed by atoms with Crippen molar-refractivity contribution in [1.29, 1.82) is 0 Å². The standard InChI is InChI=1S/C28H46O2/c1-3-5-7-9-11-13-23-29-27-19-15-25(16-20-27)26-17-21-28(22-18-26)30-24-14-12-10-8-6-4-2/h7-14,25-28H,3-6,15-24H2,1-2H3. The van der Waals surface area contributed by atoms with Gasteiger partial charge in [0, 0.05) is 0 Å². The molecule has 0 saturated heterocycles. The molecule has 2 aliphatic rings. The van der Waals surface area contributed by atoms with E-state index < -0.39 is 0 Å². The summed E-state index contributed by atoms with van der Waals surface area (Å²) in [5, 5.41) is 0. The molecule has 2 saturated carbocycles. The Kier molecular flexibility index (Phi) is 13.9. The van der Waals surface area contributed by atoms with Crippen LogP contribution in [0.4, 0.5) is 0 Å². The maximum atomic E-state index is 6.08. The van der Waals surface area contributed by atoms with Crippen molar-refractivity contribution >= 4 is 0 Å². The van der Waals surface area contributed by atoms with E-state index in [1.165, 1.54) is 64.2 Å². The van der Waals surface area contributed by atoms with Crippen LogP contribution in [0.15, 0.2) is 48.6 Å². The van der Waals surface area contributed by atoms with Crippen molar-refractivity contribution in [1.82, 2.24) is 0 Å². The fraction of sp³-hybridized carbons (Fsp3) is 0.714. The molecule has 2 heteroatoms. The quantitative estimate of drug-likeness (QED) is 0.285. The van der Waals surface area contributed by atoms with E-state index in [1.54, 1.807) is 0 Å². The van der Waals surface area contributed by atoms with Crippen LogP contribution in [0.1, 0.15) is 90.9 Å². The van der Waals surface area contributed by atoms with Crippen LogP contribution in [0.2, 0.25) is 0 Å². The molecule has 0 bridgehead atoms. The van der Waals surface area contributed by atoms with E-state index >= 15 is 0 Å². The van der Waals surface area contributed by atoms with Gasteiger partial charge in [0.25, 0.3) is 0 Å². The molecule has 0 heterocycles. The normalized spacial score (nSPS) is 28.5. The lowest BCUT2D eigenvalue weighted by molar-refractivity contribution is 0.00196. The van der Waals surface area contributed by atoms with Gasteiger partial charge in [0.2, 0.25) is 0 Å². The second-order valence-electron chi connectivity index (χ2n) is 9.03. The summed E-state index contributed by atoms with van der Waals surface area (Å²) in [5.74, 6) is 1.84. The topological polar surface area (TPSA) is 18.5 Å². The minimum absolute atomic E-state index is 0.475. The van der Waals surface area contributed by atoms with Crippen LogP contribution in [0.25, 0.3) is 0 Å². The Hall–Kier alpha value is -1.12. The van der Waals surface area contributed by atoms with E-state index in [-0.39, 0.29) is 0 Å². The van der Waals surface area contributed by atoms with E-state index in [0.29, 0.717) is 12.2 Å². The molecule has 2 fully saturated rings. The highest BCUT2D eigenvalue weighted by atomic mass is 16.5. The van der Waals surface area contributed by atoms with E-state index in [1.807, 2.05) is 0 Å². The first-order valence-corrected chi connectivity index (χ1v) is 12.7. The zero-order chi connectivity index (χ0) is 21.3. The lowest BCUT2D eigenvalue weighted by Crippen LogP contribution is -2.30. The highest BCUT2D eigenvalue weighted by Gasteiger charge is 2.31. The lowest BCUT2D eigenvalue weighted by atomic mass is 9.72. The zero-order valence-electron chi connectivity index (χ0n) is 19.6. The molecular formula is C28H46O2. The van der Waals surface area contributed by atoms with Crippen LogP contribution in [0, 0.1) is 11.8 Å². The number of unbranched alkanes of at least 4 members (excludes halogenated alkanes) is 2. The Balaban J connectivity index is 1.53. The largest absolute Gasteiger partial charge is 0.374 e. The van der Waals surface area contributed by atoms with Gasteiger partial charge in [-0.1, -0.05) is 75.3 Å². The molecule has 0 N–H and O–H groups in total. The fourth-order valence-corrected chi connectivity index (χ4v) is 4.79. The van der Waals surface area contributed by atoms with Gasteiger partial charge in [-0.15, -0.1) is 0 Å². The Morgan fingerprint density at radius 3 is 1.27 bits per heavy atom. The Morgan fingerprint density at radius 1 is 0.533 bits per heavy atom. The van der Waals surface area contributed by atoms with E-state index in [4.69, 9.17) is 9.47 Å². The first kappa shape index (κ1) is 25.1. The van der Waals surface area contributed by atoms with Crippen LogP contribution in [0.3, 0.4) is 0 Å². The molecule has 2 aliphatic carbocycles. The number of allylic oxidation sites excluding steroid dienone is 6. The van der Waals surface area contributed by atoms with E-state index in [2.05, 4.69) is 62.5 Å². The highest BCUT2D eigenvalue weighted by molar-refractivity contribution is 5.03. The predicted octanol–water partition coefficient (Wildman–Crippen LogP) is 7.96. The molecule has 2 nitrogen and oxygen atoms in total. The third kappa shape index (κ3) is 10.8. The summed E-state index contributed by atoms with van der Waals surface area (Å²) in [5.41, 5.74) is 0. The van der Waals surface area contributed by atoms with Gasteiger partial charge in [-0.2, -0.15) is 0 Å². The van der Waals surface area contributed by atoms with Gasteiger partial charge in [0.1, 0.15) is 0 Å². The third-order valence-corrected chi connectivity index (χ3v) is 6.64. The molecule has 0 aromatic carbocycles. The molecule has 0 amide bonds. The second-order valence-corrected chi connectivity index (χ2v) is 9.03. The van der Waals surface area contributed by atoms with Crippen molar-refractivity contribution in [3.63, 3.8) is 0 Å². The van der Waals surface area contributed by atoms with Crippen LogP contribution >= 0.6 is 0 Å². The Labute approximate surface area is 186 Å². The Morgan fingerprint density at radius 2 is 0.900 bits per heavy atom. The summed E-state index contributed by atoms with van der Waals surface area (Å²) in [7, 11) is 0. The van der Waals surface area contributed by atoms with Crippen molar-refractivity contribution in [2.45, 2.75) is 103 Å². The highest BCUT2D eigenvalue weighted by Crippen LogP contribution is 2.39. The van der Waals surface area contributed by atoms with Crippen LogP contribution in [-0.4, -0.2) is 25.4 Å². The predicted molar refractivity (Wildman–Crippen MR) is 130 cm³/mol. The Bertz CT molecular complexity index is 467. The summed E-state index contributed by atoms with van der Waals surface area (Å²) >= 11 is 0. The number of ether oxygens (including phenoxy) is 2. The number of rotatable bonds is 13. The first-order chi connectivity index (χ1) is 14.8. The lowest BCUT2D eigenvalue weighted by Gasteiger charge is -2.37. The number of hydrogen-bond acceptors (Lipinski definition) is 2. The molecule has 2 rings (SSSR count). The second kappa shape index (κ2) is 16.6. The average Bonchev–Trinajstić information content (AvgIpc) is 2.79. The van der Waals surface area contributed by atoms with Crippen molar-refractivity contribution in [3.8, 4) is 0 Å². The maximum Gasteiger partial charge on any atom is 0.0654 e. The average molecular weight is 415 g/mol. The van der Waals surface area contributed by atoms with Crippen LogP contribution in [-0.2, 0) is 9.47 Å². The molecule has 0 aromatic heterocycles.